The summed E-state index contributed by atoms with van der Waals surface area (Å²) >= 11 is 0. The molecule has 1 saturated carbocycles. The minimum Gasteiger partial charge on any atom is -0.396 e. The molecular weight excluding hydrogens is 296 g/mol. The van der Waals surface area contributed by atoms with Crippen LogP contribution in [0.1, 0.15) is 67.0 Å². The van der Waals surface area contributed by atoms with Crippen molar-refractivity contribution >= 4 is 0 Å². The first-order valence-electron chi connectivity index (χ1n) is 9.56. The van der Waals surface area contributed by atoms with E-state index in [1.54, 1.807) is 0 Å². The minimum atomic E-state index is 0.237. The first-order valence-corrected chi connectivity index (χ1v) is 9.56. The monoisotopic (exact) mass is 324 g/mol. The highest BCUT2D eigenvalue weighted by molar-refractivity contribution is 5.42. The topological polar surface area (TPSA) is 38.0 Å². The Balaban J connectivity index is 1.78. The van der Waals surface area contributed by atoms with Gasteiger partial charge in [0.2, 0.25) is 0 Å². The summed E-state index contributed by atoms with van der Waals surface area (Å²) in [6.07, 6.45) is 9.89. The lowest BCUT2D eigenvalue weighted by atomic mass is 9.78. The summed E-state index contributed by atoms with van der Waals surface area (Å²) in [4.78, 5) is 0. The van der Waals surface area contributed by atoms with Crippen LogP contribution in [-0.4, -0.2) is 21.5 Å². The van der Waals surface area contributed by atoms with Crippen LogP contribution in [0.5, 0.6) is 0 Å². The predicted octanol–water partition coefficient (Wildman–Crippen LogP) is 4.33. The Kier molecular flexibility index (Phi) is 4.45. The van der Waals surface area contributed by atoms with E-state index in [4.69, 9.17) is 5.10 Å². The molecule has 1 fully saturated rings. The van der Waals surface area contributed by atoms with E-state index in [-0.39, 0.29) is 12.5 Å². The third kappa shape index (κ3) is 2.79. The third-order valence-electron chi connectivity index (χ3n) is 5.99. The highest BCUT2D eigenvalue weighted by atomic mass is 16.3. The van der Waals surface area contributed by atoms with Crippen molar-refractivity contribution in [2.24, 2.45) is 5.92 Å². The van der Waals surface area contributed by atoms with Gasteiger partial charge in [0.1, 0.15) is 0 Å². The number of nitrogens with zero attached hydrogens (tertiary/aromatic N) is 2. The molecule has 0 radical (unpaired) electrons. The Morgan fingerprint density at radius 3 is 2.54 bits per heavy atom. The zero-order valence-electron chi connectivity index (χ0n) is 14.7. The van der Waals surface area contributed by atoms with Crippen LogP contribution in [0.2, 0.25) is 0 Å². The van der Waals surface area contributed by atoms with E-state index in [1.807, 2.05) is 0 Å². The van der Waals surface area contributed by atoms with Crippen molar-refractivity contribution in [2.75, 3.05) is 6.61 Å². The van der Waals surface area contributed by atoms with E-state index < -0.39 is 0 Å². The fourth-order valence-corrected chi connectivity index (χ4v) is 4.68. The van der Waals surface area contributed by atoms with Crippen molar-refractivity contribution in [3.8, 4) is 5.69 Å². The van der Waals surface area contributed by atoms with Crippen LogP contribution in [0.3, 0.4) is 0 Å². The van der Waals surface area contributed by atoms with Crippen LogP contribution in [0, 0.1) is 12.8 Å². The smallest absolute Gasteiger partial charge is 0.0664 e. The normalized spacial score (nSPS) is 19.4. The summed E-state index contributed by atoms with van der Waals surface area (Å²) in [6.45, 7) is 2.36. The van der Waals surface area contributed by atoms with E-state index in [9.17, 15) is 5.11 Å². The molecule has 24 heavy (non-hydrogen) atoms. The van der Waals surface area contributed by atoms with Crippen molar-refractivity contribution in [1.29, 1.82) is 0 Å². The lowest BCUT2D eigenvalue weighted by Crippen LogP contribution is -2.23. The summed E-state index contributed by atoms with van der Waals surface area (Å²) in [5.41, 5.74) is 6.41. The zero-order chi connectivity index (χ0) is 16.5. The highest BCUT2D eigenvalue weighted by Crippen LogP contribution is 2.40. The molecule has 128 valence electrons. The molecule has 0 amide bonds. The van der Waals surface area contributed by atoms with E-state index >= 15 is 0 Å². The molecule has 0 spiro atoms. The Morgan fingerprint density at radius 2 is 1.83 bits per heavy atom. The van der Waals surface area contributed by atoms with Crippen LogP contribution in [0.15, 0.2) is 24.3 Å². The maximum absolute atomic E-state index is 10.3. The van der Waals surface area contributed by atoms with Gasteiger partial charge in [0.15, 0.2) is 0 Å². The molecule has 1 N–H and O–H groups in total. The van der Waals surface area contributed by atoms with Gasteiger partial charge in [0.25, 0.3) is 0 Å². The number of aliphatic hydroxyl groups is 1. The predicted molar refractivity (Wildman–Crippen MR) is 96.7 cm³/mol. The number of aromatic nitrogens is 2. The van der Waals surface area contributed by atoms with Crippen LogP contribution >= 0.6 is 0 Å². The summed E-state index contributed by atoms with van der Waals surface area (Å²) < 4.78 is 2.15. The van der Waals surface area contributed by atoms with Gasteiger partial charge >= 0.3 is 0 Å². The molecule has 4 rings (SSSR count). The van der Waals surface area contributed by atoms with Crippen LogP contribution < -0.4 is 0 Å². The molecule has 0 aliphatic heterocycles. The maximum atomic E-state index is 10.3. The second kappa shape index (κ2) is 6.72. The molecule has 1 unspecified atom stereocenters. The van der Waals surface area contributed by atoms with Crippen molar-refractivity contribution in [3.63, 3.8) is 0 Å². The van der Waals surface area contributed by atoms with E-state index in [0.717, 1.165) is 18.5 Å². The Labute approximate surface area is 144 Å². The SMILES string of the molecule is Cc1ccc(-n2nc3c(c2C(CO)C2CCCCC2)CCC3)cc1. The zero-order valence-corrected chi connectivity index (χ0v) is 14.7. The summed E-state index contributed by atoms with van der Waals surface area (Å²) in [7, 11) is 0. The van der Waals surface area contributed by atoms with Gasteiger partial charge in [0, 0.05) is 5.92 Å². The molecule has 0 bridgehead atoms. The van der Waals surface area contributed by atoms with E-state index in [0.29, 0.717) is 5.92 Å². The van der Waals surface area contributed by atoms with Crippen molar-refractivity contribution in [1.82, 2.24) is 9.78 Å². The number of aryl methyl sites for hydroxylation is 2. The third-order valence-corrected chi connectivity index (χ3v) is 5.99. The number of hydrogen-bond donors (Lipinski definition) is 1. The molecule has 0 saturated heterocycles. The number of rotatable bonds is 4. The van der Waals surface area contributed by atoms with Crippen molar-refractivity contribution in [2.45, 2.75) is 64.2 Å². The van der Waals surface area contributed by atoms with Crippen molar-refractivity contribution in [3.05, 3.63) is 46.8 Å². The average molecular weight is 324 g/mol. The number of aliphatic hydroxyl groups excluding tert-OH is 1. The van der Waals surface area contributed by atoms with Crippen LogP contribution in [0.25, 0.3) is 5.69 Å². The Morgan fingerprint density at radius 1 is 1.08 bits per heavy atom. The van der Waals surface area contributed by atoms with Gasteiger partial charge in [0.05, 0.1) is 23.7 Å². The van der Waals surface area contributed by atoms with Gasteiger partial charge in [-0.3, -0.25) is 0 Å². The lowest BCUT2D eigenvalue weighted by molar-refractivity contribution is 0.191. The van der Waals surface area contributed by atoms with Gasteiger partial charge in [-0.1, -0.05) is 37.0 Å². The van der Waals surface area contributed by atoms with E-state index in [2.05, 4.69) is 35.9 Å². The summed E-state index contributed by atoms with van der Waals surface area (Å²) in [5, 5.41) is 15.2. The minimum absolute atomic E-state index is 0.237. The van der Waals surface area contributed by atoms with Gasteiger partial charge in [-0.05, 0) is 62.6 Å². The maximum Gasteiger partial charge on any atom is 0.0664 e. The first-order chi connectivity index (χ1) is 11.8. The molecule has 1 aromatic heterocycles. The number of benzene rings is 1. The number of fused-ring (bicyclic) bond motifs is 1. The molecule has 3 nitrogen and oxygen atoms in total. The van der Waals surface area contributed by atoms with Gasteiger partial charge in [-0.25, -0.2) is 4.68 Å². The quantitative estimate of drug-likeness (QED) is 0.909. The Bertz CT molecular complexity index is 695. The molecule has 1 aromatic carbocycles. The number of hydrogen-bond acceptors (Lipinski definition) is 2. The van der Waals surface area contributed by atoms with Crippen LogP contribution in [0.4, 0.5) is 0 Å². The fraction of sp³-hybridized carbons (Fsp3) is 0.571. The fourth-order valence-electron chi connectivity index (χ4n) is 4.68. The first kappa shape index (κ1) is 15.9. The van der Waals surface area contributed by atoms with E-state index in [1.165, 1.54) is 61.0 Å². The molecule has 1 heterocycles. The van der Waals surface area contributed by atoms with Gasteiger partial charge in [-0.15, -0.1) is 0 Å². The van der Waals surface area contributed by atoms with Gasteiger partial charge in [-0.2, -0.15) is 5.10 Å². The second-order valence-corrected chi connectivity index (χ2v) is 7.60. The molecule has 2 aromatic rings. The standard InChI is InChI=1S/C21H28N2O/c1-15-10-12-17(13-11-15)23-21(18-8-5-9-20(18)22-23)19(14-24)16-6-3-2-4-7-16/h10-13,16,19,24H,2-9,14H2,1H3. The van der Waals surface area contributed by atoms with Crippen molar-refractivity contribution < 1.29 is 5.11 Å². The summed E-state index contributed by atoms with van der Waals surface area (Å²) in [6, 6.07) is 8.63. The molecule has 2 aliphatic carbocycles. The summed E-state index contributed by atoms with van der Waals surface area (Å²) in [5.74, 6) is 0.843. The molecule has 2 aliphatic rings. The largest absolute Gasteiger partial charge is 0.396 e. The van der Waals surface area contributed by atoms with Crippen LogP contribution in [-0.2, 0) is 12.8 Å². The highest BCUT2D eigenvalue weighted by Gasteiger charge is 2.33. The Hall–Kier alpha value is -1.61. The second-order valence-electron chi connectivity index (χ2n) is 7.60. The van der Waals surface area contributed by atoms with Gasteiger partial charge < -0.3 is 5.11 Å². The molecular formula is C21H28N2O. The molecule has 1 atom stereocenters. The lowest BCUT2D eigenvalue weighted by Gasteiger charge is -2.30. The average Bonchev–Trinajstić information content (AvgIpc) is 3.20. The molecule has 3 heteroatoms.